The van der Waals surface area contributed by atoms with Gasteiger partial charge < -0.3 is 19.6 Å². The molecule has 208 valence electrons. The molecule has 1 N–H and O–H groups in total. The summed E-state index contributed by atoms with van der Waals surface area (Å²) in [5.74, 6) is 0.484. The van der Waals surface area contributed by atoms with E-state index >= 15 is 0 Å². The van der Waals surface area contributed by atoms with Crippen LogP contribution in [0.2, 0.25) is 0 Å². The van der Waals surface area contributed by atoms with E-state index in [0.29, 0.717) is 63.5 Å². The molecule has 0 saturated carbocycles. The SMILES string of the molecule is CCOC(=O)C1(C)CCN(c2ncc(-c3cc(CO)c4sc(N5CN(C)CN(CC)C5=O)nc4c3)cn2)CC1. The molecule has 1 aromatic carbocycles. The molecule has 2 aromatic heterocycles. The van der Waals surface area contributed by atoms with Crippen molar-refractivity contribution in [3.63, 3.8) is 0 Å². The van der Waals surface area contributed by atoms with Crippen molar-refractivity contribution in [3.05, 3.63) is 30.1 Å². The fourth-order valence-corrected chi connectivity index (χ4v) is 6.12. The number of urea groups is 1. The molecule has 2 aliphatic rings. The van der Waals surface area contributed by atoms with Gasteiger partial charge in [-0.2, -0.15) is 0 Å². The number of carbonyl (C=O) groups is 2. The lowest BCUT2D eigenvalue weighted by Crippen LogP contribution is -2.56. The Labute approximate surface area is 232 Å². The highest BCUT2D eigenvalue weighted by Gasteiger charge is 2.38. The van der Waals surface area contributed by atoms with Crippen molar-refractivity contribution >= 4 is 44.6 Å². The zero-order valence-corrected chi connectivity index (χ0v) is 23.7. The van der Waals surface area contributed by atoms with Gasteiger partial charge in [0.25, 0.3) is 0 Å². The Balaban J connectivity index is 1.36. The summed E-state index contributed by atoms with van der Waals surface area (Å²) >= 11 is 1.41. The second-order valence-electron chi connectivity index (χ2n) is 10.4. The maximum absolute atomic E-state index is 13.0. The number of aromatic nitrogens is 3. The van der Waals surface area contributed by atoms with Gasteiger partial charge in [-0.25, -0.2) is 19.7 Å². The van der Waals surface area contributed by atoms with Gasteiger partial charge in [0.2, 0.25) is 5.95 Å². The number of nitrogens with zero attached hydrogens (tertiary/aromatic N) is 7. The fourth-order valence-electron chi connectivity index (χ4n) is 5.08. The van der Waals surface area contributed by atoms with Crippen molar-refractivity contribution in [2.24, 2.45) is 5.41 Å². The topological polar surface area (TPSA) is 115 Å². The van der Waals surface area contributed by atoms with Crippen molar-refractivity contribution in [1.82, 2.24) is 24.8 Å². The number of ether oxygens (including phenoxy) is 1. The van der Waals surface area contributed by atoms with Crippen molar-refractivity contribution in [1.29, 1.82) is 0 Å². The quantitative estimate of drug-likeness (QED) is 0.439. The zero-order chi connectivity index (χ0) is 27.7. The van der Waals surface area contributed by atoms with Crippen molar-refractivity contribution in [2.45, 2.75) is 40.2 Å². The molecule has 0 bridgehead atoms. The largest absolute Gasteiger partial charge is 0.466 e. The van der Waals surface area contributed by atoms with Gasteiger partial charge in [0.1, 0.15) is 0 Å². The number of aliphatic hydroxyl groups excluding tert-OH is 1. The number of rotatable bonds is 7. The van der Waals surface area contributed by atoms with Gasteiger partial charge in [-0.05, 0) is 63.9 Å². The normalized spacial score (nSPS) is 18.2. The van der Waals surface area contributed by atoms with Crippen molar-refractivity contribution in [2.75, 3.05) is 56.4 Å². The zero-order valence-electron chi connectivity index (χ0n) is 22.9. The number of esters is 1. The predicted molar refractivity (Wildman–Crippen MR) is 151 cm³/mol. The van der Waals surface area contributed by atoms with Gasteiger partial charge in [-0.3, -0.25) is 14.6 Å². The van der Waals surface area contributed by atoms with E-state index < -0.39 is 5.41 Å². The first-order valence-corrected chi connectivity index (χ1v) is 14.1. The van der Waals surface area contributed by atoms with Gasteiger partial charge >= 0.3 is 12.0 Å². The average molecular weight is 554 g/mol. The molecular weight excluding hydrogens is 518 g/mol. The fraction of sp³-hybridized carbons (Fsp3) is 0.519. The van der Waals surface area contributed by atoms with E-state index in [0.717, 1.165) is 26.9 Å². The number of carbonyl (C=O) groups excluding carboxylic acids is 2. The van der Waals surface area contributed by atoms with Crippen LogP contribution in [0.25, 0.3) is 21.3 Å². The van der Waals surface area contributed by atoms with Crippen LogP contribution in [0.3, 0.4) is 0 Å². The van der Waals surface area contributed by atoms with Crippen molar-refractivity contribution in [3.8, 4) is 11.1 Å². The Morgan fingerprint density at radius 1 is 1.13 bits per heavy atom. The van der Waals surface area contributed by atoms with Crippen LogP contribution in [-0.2, 0) is 16.1 Å². The number of hydrogen-bond acceptors (Lipinski definition) is 10. The highest BCUT2D eigenvalue weighted by Crippen LogP contribution is 2.37. The van der Waals surface area contributed by atoms with Crippen LogP contribution in [0, 0.1) is 5.41 Å². The first-order chi connectivity index (χ1) is 18.8. The molecule has 2 fully saturated rings. The molecule has 11 nitrogen and oxygen atoms in total. The molecule has 0 unspecified atom stereocenters. The second kappa shape index (κ2) is 11.0. The summed E-state index contributed by atoms with van der Waals surface area (Å²) in [5, 5.41) is 10.8. The summed E-state index contributed by atoms with van der Waals surface area (Å²) in [4.78, 5) is 46.9. The summed E-state index contributed by atoms with van der Waals surface area (Å²) in [6, 6.07) is 3.81. The van der Waals surface area contributed by atoms with E-state index in [1.165, 1.54) is 11.3 Å². The molecular formula is C27H35N7O4S. The lowest BCUT2D eigenvalue weighted by atomic mass is 9.80. The summed E-state index contributed by atoms with van der Waals surface area (Å²) in [6.07, 6.45) is 4.93. The molecule has 12 heteroatoms. The lowest BCUT2D eigenvalue weighted by Gasteiger charge is -2.38. The Hall–Kier alpha value is -3.35. The maximum Gasteiger partial charge on any atom is 0.328 e. The number of anilines is 2. The van der Waals surface area contributed by atoms with Crippen LogP contribution in [0.5, 0.6) is 0 Å². The predicted octanol–water partition coefficient (Wildman–Crippen LogP) is 3.52. The first-order valence-electron chi connectivity index (χ1n) is 13.3. The molecule has 2 saturated heterocycles. The Bertz CT molecular complexity index is 1350. The van der Waals surface area contributed by atoms with E-state index in [-0.39, 0.29) is 18.6 Å². The van der Waals surface area contributed by atoms with E-state index in [4.69, 9.17) is 9.72 Å². The summed E-state index contributed by atoms with van der Waals surface area (Å²) in [5.41, 5.74) is 2.65. The molecule has 4 heterocycles. The van der Waals surface area contributed by atoms with E-state index in [2.05, 4.69) is 19.8 Å². The summed E-state index contributed by atoms with van der Waals surface area (Å²) < 4.78 is 6.12. The number of hydrogen-bond donors (Lipinski definition) is 1. The van der Waals surface area contributed by atoms with Gasteiger partial charge in [-0.15, -0.1) is 0 Å². The van der Waals surface area contributed by atoms with Gasteiger partial charge in [0, 0.05) is 37.6 Å². The van der Waals surface area contributed by atoms with Gasteiger partial charge in [-0.1, -0.05) is 11.3 Å². The number of piperidine rings is 1. The van der Waals surface area contributed by atoms with Gasteiger partial charge in [0.05, 0.1) is 42.2 Å². The Morgan fingerprint density at radius 2 is 1.85 bits per heavy atom. The number of amides is 2. The minimum absolute atomic E-state index is 0.0651. The summed E-state index contributed by atoms with van der Waals surface area (Å²) in [6.45, 7) is 9.01. The van der Waals surface area contributed by atoms with Crippen LogP contribution in [0.4, 0.5) is 15.9 Å². The van der Waals surface area contributed by atoms with Crippen LogP contribution in [-0.4, -0.2) is 88.5 Å². The minimum Gasteiger partial charge on any atom is -0.466 e. The molecule has 0 radical (unpaired) electrons. The molecule has 5 rings (SSSR count). The van der Waals surface area contributed by atoms with E-state index in [1.807, 2.05) is 40.0 Å². The second-order valence-corrected chi connectivity index (χ2v) is 11.4. The summed E-state index contributed by atoms with van der Waals surface area (Å²) in [7, 11) is 1.97. The van der Waals surface area contributed by atoms with Crippen LogP contribution >= 0.6 is 11.3 Å². The molecule has 2 amide bonds. The van der Waals surface area contributed by atoms with Crippen molar-refractivity contribution < 1.29 is 19.4 Å². The van der Waals surface area contributed by atoms with Gasteiger partial charge in [0.15, 0.2) is 5.13 Å². The third-order valence-electron chi connectivity index (χ3n) is 7.52. The smallest absolute Gasteiger partial charge is 0.328 e. The van der Waals surface area contributed by atoms with Crippen LogP contribution in [0.1, 0.15) is 39.2 Å². The monoisotopic (exact) mass is 553 g/mol. The molecule has 0 aliphatic carbocycles. The van der Waals surface area contributed by atoms with E-state index in [1.54, 1.807) is 22.2 Å². The molecule has 39 heavy (non-hydrogen) atoms. The molecule has 0 spiro atoms. The number of fused-ring (bicyclic) bond motifs is 1. The Kier molecular flexibility index (Phi) is 7.70. The standard InChI is InChI=1S/C27H35N7O4S/c1-5-32-16-31(4)17-34(26(32)37)25-30-21-12-18(11-19(15-35)22(21)39-25)20-13-28-24(29-14-20)33-9-7-27(3,8-10-33)23(36)38-6-2/h11-14,35H,5-10,15-17H2,1-4H3. The minimum atomic E-state index is -0.474. The number of aliphatic hydroxyl groups is 1. The highest BCUT2D eigenvalue weighted by atomic mass is 32.1. The highest BCUT2D eigenvalue weighted by molar-refractivity contribution is 7.22. The molecule has 0 atom stereocenters. The Morgan fingerprint density at radius 3 is 2.49 bits per heavy atom. The number of benzene rings is 1. The third-order valence-corrected chi connectivity index (χ3v) is 8.69. The number of thiazole rings is 1. The first kappa shape index (κ1) is 27.2. The van der Waals surface area contributed by atoms with Crippen LogP contribution < -0.4 is 9.80 Å². The lowest BCUT2D eigenvalue weighted by molar-refractivity contribution is -0.155. The average Bonchev–Trinajstić information content (AvgIpc) is 3.38. The van der Waals surface area contributed by atoms with E-state index in [9.17, 15) is 14.7 Å². The maximum atomic E-state index is 13.0. The van der Waals surface area contributed by atoms with Crippen LogP contribution in [0.15, 0.2) is 24.5 Å². The molecule has 2 aliphatic heterocycles. The molecule has 3 aromatic rings. The third kappa shape index (κ3) is 5.28.